The summed E-state index contributed by atoms with van der Waals surface area (Å²) in [6.07, 6.45) is 4.46. The van der Waals surface area contributed by atoms with Crippen LogP contribution in [0, 0.1) is 5.92 Å². The number of hydrogen-bond donors (Lipinski definition) is 3. The zero-order chi connectivity index (χ0) is 15.5. The average Bonchev–Trinajstić information content (AvgIpc) is 2.92. The number of nitrogens with zero attached hydrogens (tertiary/aromatic N) is 1. The fourth-order valence-corrected chi connectivity index (χ4v) is 3.27. The zero-order valence-electron chi connectivity index (χ0n) is 12.7. The second-order valence-electron chi connectivity index (χ2n) is 6.47. The zero-order valence-corrected chi connectivity index (χ0v) is 12.7. The summed E-state index contributed by atoms with van der Waals surface area (Å²) in [5.74, 6) is 0.313. The van der Waals surface area contributed by atoms with Gasteiger partial charge in [-0.2, -0.15) is 0 Å². The Morgan fingerprint density at radius 2 is 2.00 bits per heavy atom. The Labute approximate surface area is 125 Å². The molecule has 1 heterocycles. The average molecular weight is 298 g/mol. The molecule has 1 saturated carbocycles. The molecule has 2 fully saturated rings. The number of aliphatic hydroxyl groups excluding tert-OH is 1. The molecule has 120 valence electrons. The van der Waals surface area contributed by atoms with E-state index in [1.165, 1.54) is 19.8 Å². The summed E-state index contributed by atoms with van der Waals surface area (Å²) < 4.78 is 0. The second-order valence-corrected chi connectivity index (χ2v) is 6.47. The largest absolute Gasteiger partial charge is 0.388 e. The van der Waals surface area contributed by atoms with Crippen molar-refractivity contribution in [3.8, 4) is 0 Å². The van der Waals surface area contributed by atoms with Gasteiger partial charge in [0.1, 0.15) is 11.7 Å². The molecular weight excluding hydrogens is 272 g/mol. The third-order valence-corrected chi connectivity index (χ3v) is 4.76. The van der Waals surface area contributed by atoms with E-state index < -0.39 is 11.7 Å². The van der Waals surface area contributed by atoms with Crippen LogP contribution >= 0.6 is 0 Å². The second kappa shape index (κ2) is 6.75. The van der Waals surface area contributed by atoms with E-state index in [0.717, 1.165) is 12.8 Å². The topological polar surface area (TPSA) is 89.9 Å². The van der Waals surface area contributed by atoms with Crippen molar-refractivity contribution in [2.24, 2.45) is 5.92 Å². The lowest BCUT2D eigenvalue weighted by Gasteiger charge is -2.42. The number of aliphatic hydroxyl groups is 2. The molecule has 3 N–H and O–H groups in total. The molecule has 2 atom stereocenters. The molecule has 2 aliphatic rings. The molecule has 0 aromatic carbocycles. The van der Waals surface area contributed by atoms with Gasteiger partial charge >= 0.3 is 0 Å². The number of likely N-dealkylation sites (tertiary alicyclic amines) is 1. The highest BCUT2D eigenvalue weighted by Crippen LogP contribution is 2.29. The fourth-order valence-electron chi connectivity index (χ4n) is 3.27. The lowest BCUT2D eigenvalue weighted by molar-refractivity contribution is -0.150. The van der Waals surface area contributed by atoms with Crippen molar-refractivity contribution in [3.63, 3.8) is 0 Å². The van der Waals surface area contributed by atoms with Crippen molar-refractivity contribution >= 4 is 11.8 Å². The summed E-state index contributed by atoms with van der Waals surface area (Å²) in [5, 5.41) is 23.0. The van der Waals surface area contributed by atoms with E-state index in [9.17, 15) is 19.8 Å². The molecule has 6 heteroatoms. The number of β-amino-alcohol motifs (C(OH)–C–C–N with tert-alkyl or cyclic N) is 1. The lowest BCUT2D eigenvalue weighted by Crippen LogP contribution is -2.61. The van der Waals surface area contributed by atoms with E-state index in [2.05, 4.69) is 5.32 Å². The minimum Gasteiger partial charge on any atom is -0.388 e. The monoisotopic (exact) mass is 298 g/mol. The van der Waals surface area contributed by atoms with Crippen LogP contribution in [0.2, 0.25) is 0 Å². The van der Waals surface area contributed by atoms with Gasteiger partial charge in [0.15, 0.2) is 0 Å². The molecular formula is C15H26N2O4. The fraction of sp³-hybridized carbons (Fsp3) is 0.867. The Bertz CT molecular complexity index is 395. The van der Waals surface area contributed by atoms with Gasteiger partial charge in [-0.05, 0) is 25.2 Å². The molecule has 2 rings (SSSR count). The molecule has 2 amide bonds. The Morgan fingerprint density at radius 1 is 1.33 bits per heavy atom. The Morgan fingerprint density at radius 3 is 2.57 bits per heavy atom. The van der Waals surface area contributed by atoms with Crippen molar-refractivity contribution in [2.75, 3.05) is 19.6 Å². The summed E-state index contributed by atoms with van der Waals surface area (Å²) in [5.41, 5.74) is -1.34. The van der Waals surface area contributed by atoms with Crippen LogP contribution in [0.1, 0.15) is 45.4 Å². The van der Waals surface area contributed by atoms with Crippen molar-refractivity contribution in [3.05, 3.63) is 0 Å². The van der Waals surface area contributed by atoms with E-state index in [-0.39, 0.29) is 31.3 Å². The van der Waals surface area contributed by atoms with Gasteiger partial charge in [0.2, 0.25) is 11.8 Å². The minimum atomic E-state index is -1.34. The maximum Gasteiger partial charge on any atom is 0.222 e. The first-order valence-electron chi connectivity index (χ1n) is 7.83. The highest BCUT2D eigenvalue weighted by atomic mass is 16.3. The quantitative estimate of drug-likeness (QED) is 0.683. The predicted octanol–water partition coefficient (Wildman–Crippen LogP) is 0.0271. The Balaban J connectivity index is 1.84. The van der Waals surface area contributed by atoms with Gasteiger partial charge in [0.05, 0.1) is 0 Å². The lowest BCUT2D eigenvalue weighted by atomic mass is 9.88. The SMILES string of the molecule is CC(=O)NC[C@]1(O)CCN(C(=O)CC2CCCC2)C[C@H]1O. The smallest absolute Gasteiger partial charge is 0.222 e. The van der Waals surface area contributed by atoms with Crippen LogP contribution in [-0.4, -0.2) is 58.3 Å². The van der Waals surface area contributed by atoms with Crippen molar-refractivity contribution < 1.29 is 19.8 Å². The third kappa shape index (κ3) is 4.17. The molecule has 1 saturated heterocycles. The Kier molecular flexibility index (Phi) is 5.22. The van der Waals surface area contributed by atoms with Crippen LogP contribution in [0.15, 0.2) is 0 Å². The van der Waals surface area contributed by atoms with Gasteiger partial charge in [0, 0.05) is 33.0 Å². The van der Waals surface area contributed by atoms with Crippen LogP contribution in [0.4, 0.5) is 0 Å². The number of carbonyl (C=O) groups is 2. The molecule has 21 heavy (non-hydrogen) atoms. The molecule has 1 aliphatic heterocycles. The van der Waals surface area contributed by atoms with Crippen LogP contribution in [0.25, 0.3) is 0 Å². The van der Waals surface area contributed by atoms with Crippen molar-refractivity contribution in [1.29, 1.82) is 0 Å². The van der Waals surface area contributed by atoms with Crippen molar-refractivity contribution in [2.45, 2.75) is 57.2 Å². The van der Waals surface area contributed by atoms with Crippen LogP contribution in [-0.2, 0) is 9.59 Å². The summed E-state index contributed by atoms with van der Waals surface area (Å²) in [6, 6.07) is 0. The summed E-state index contributed by atoms with van der Waals surface area (Å²) >= 11 is 0. The van der Waals surface area contributed by atoms with E-state index in [0.29, 0.717) is 18.9 Å². The van der Waals surface area contributed by atoms with Gasteiger partial charge in [-0.3, -0.25) is 9.59 Å². The minimum absolute atomic E-state index is 0.0220. The van der Waals surface area contributed by atoms with Gasteiger partial charge in [0.25, 0.3) is 0 Å². The number of nitrogens with one attached hydrogen (secondary N) is 1. The summed E-state index contributed by atoms with van der Waals surface area (Å²) in [7, 11) is 0. The Hall–Kier alpha value is -1.14. The predicted molar refractivity (Wildman–Crippen MR) is 77.4 cm³/mol. The molecule has 1 aliphatic carbocycles. The highest BCUT2D eigenvalue weighted by molar-refractivity contribution is 5.76. The van der Waals surface area contributed by atoms with E-state index >= 15 is 0 Å². The van der Waals surface area contributed by atoms with Gasteiger partial charge in [-0.1, -0.05) is 12.8 Å². The normalized spacial score (nSPS) is 30.4. The van der Waals surface area contributed by atoms with Crippen LogP contribution in [0.5, 0.6) is 0 Å². The molecule has 0 radical (unpaired) electrons. The molecule has 0 aromatic heterocycles. The van der Waals surface area contributed by atoms with Crippen LogP contribution < -0.4 is 5.32 Å². The maximum atomic E-state index is 12.2. The molecule has 0 aromatic rings. The van der Waals surface area contributed by atoms with Gasteiger partial charge in [-0.15, -0.1) is 0 Å². The molecule has 0 bridgehead atoms. The first-order chi connectivity index (χ1) is 9.90. The number of rotatable bonds is 4. The number of hydrogen-bond acceptors (Lipinski definition) is 4. The third-order valence-electron chi connectivity index (χ3n) is 4.76. The van der Waals surface area contributed by atoms with E-state index in [4.69, 9.17) is 0 Å². The maximum absolute atomic E-state index is 12.2. The standard InChI is InChI=1S/C15H26N2O4/c1-11(18)16-10-15(21)6-7-17(9-13(15)19)14(20)8-12-4-2-3-5-12/h12-13,19,21H,2-10H2,1H3,(H,16,18)/t13-,15-/m1/s1. The summed E-state index contributed by atoms with van der Waals surface area (Å²) in [4.78, 5) is 24.8. The van der Waals surface area contributed by atoms with Gasteiger partial charge < -0.3 is 20.4 Å². The number of carbonyl (C=O) groups excluding carboxylic acids is 2. The van der Waals surface area contributed by atoms with E-state index in [1.54, 1.807) is 4.90 Å². The van der Waals surface area contributed by atoms with Gasteiger partial charge in [-0.25, -0.2) is 0 Å². The summed E-state index contributed by atoms with van der Waals surface area (Å²) in [6.45, 7) is 1.96. The molecule has 0 spiro atoms. The molecule has 0 unspecified atom stereocenters. The van der Waals surface area contributed by atoms with Crippen LogP contribution in [0.3, 0.4) is 0 Å². The number of amides is 2. The molecule has 6 nitrogen and oxygen atoms in total. The van der Waals surface area contributed by atoms with Crippen molar-refractivity contribution in [1.82, 2.24) is 10.2 Å². The van der Waals surface area contributed by atoms with E-state index in [1.807, 2.05) is 0 Å². The first-order valence-corrected chi connectivity index (χ1v) is 7.83. The first kappa shape index (κ1) is 16.2. The highest BCUT2D eigenvalue weighted by Gasteiger charge is 2.42. The number of piperidine rings is 1.